The van der Waals surface area contributed by atoms with E-state index in [1.807, 2.05) is 5.32 Å². The molecule has 0 saturated heterocycles. The van der Waals surface area contributed by atoms with Gasteiger partial charge in [-0.25, -0.2) is 22.0 Å². The number of hydrogen-bond acceptors (Lipinski definition) is 2. The van der Waals surface area contributed by atoms with Crippen LogP contribution in [0.15, 0.2) is 30.3 Å². The van der Waals surface area contributed by atoms with E-state index < -0.39 is 52.3 Å². The number of benzene rings is 2. The Morgan fingerprint density at radius 2 is 1.26 bits per heavy atom. The van der Waals surface area contributed by atoms with Crippen molar-refractivity contribution in [3.8, 4) is 0 Å². The number of carbonyl (C=O) groups excluding carboxylic acids is 2. The maximum absolute atomic E-state index is 13.4. The molecule has 0 atom stereocenters. The SMILES string of the molecule is O=C(Nc1ccc(F)cc1F)C(=O)Nc1ccc(F)c(F)c1F. The van der Waals surface area contributed by atoms with E-state index in [0.29, 0.717) is 18.2 Å². The standard InChI is InChI=1S/C14H7F5N2O2/c15-6-1-3-9(8(17)5-6)20-13(22)14(23)21-10-4-2-7(16)11(18)12(10)19/h1-5H,(H,20,22)(H,21,23). The molecule has 0 bridgehead atoms. The van der Waals surface area contributed by atoms with Crippen molar-refractivity contribution in [1.82, 2.24) is 0 Å². The maximum Gasteiger partial charge on any atom is 0.314 e. The lowest BCUT2D eigenvalue weighted by molar-refractivity contribution is -0.133. The summed E-state index contributed by atoms with van der Waals surface area (Å²) in [6.45, 7) is 0. The van der Waals surface area contributed by atoms with Crippen molar-refractivity contribution >= 4 is 23.2 Å². The largest absolute Gasteiger partial charge is 0.315 e. The van der Waals surface area contributed by atoms with Gasteiger partial charge in [0.2, 0.25) is 0 Å². The van der Waals surface area contributed by atoms with E-state index in [-0.39, 0.29) is 0 Å². The van der Waals surface area contributed by atoms with Crippen molar-refractivity contribution < 1.29 is 31.5 Å². The van der Waals surface area contributed by atoms with Crippen LogP contribution in [-0.2, 0) is 9.59 Å². The fourth-order valence-corrected chi connectivity index (χ4v) is 1.57. The van der Waals surface area contributed by atoms with Gasteiger partial charge in [-0.1, -0.05) is 0 Å². The van der Waals surface area contributed by atoms with Crippen molar-refractivity contribution in [1.29, 1.82) is 0 Å². The molecule has 2 aromatic rings. The van der Waals surface area contributed by atoms with Gasteiger partial charge in [0.15, 0.2) is 17.5 Å². The number of anilines is 2. The number of amides is 2. The van der Waals surface area contributed by atoms with E-state index >= 15 is 0 Å². The predicted molar refractivity (Wildman–Crippen MR) is 69.9 cm³/mol. The van der Waals surface area contributed by atoms with E-state index in [1.165, 1.54) is 0 Å². The molecule has 23 heavy (non-hydrogen) atoms. The molecular formula is C14H7F5N2O2. The minimum Gasteiger partial charge on any atom is -0.315 e. The average molecular weight is 330 g/mol. The quantitative estimate of drug-likeness (QED) is 0.505. The Morgan fingerprint density at radius 1 is 0.696 bits per heavy atom. The van der Waals surface area contributed by atoms with Crippen molar-refractivity contribution in [3.05, 3.63) is 59.4 Å². The Balaban J connectivity index is 2.12. The Bertz CT molecular complexity index is 795. The molecule has 2 rings (SSSR count). The molecule has 2 N–H and O–H groups in total. The third-order valence-electron chi connectivity index (χ3n) is 2.67. The van der Waals surface area contributed by atoms with Crippen LogP contribution < -0.4 is 10.6 Å². The molecule has 0 aromatic heterocycles. The summed E-state index contributed by atoms with van der Waals surface area (Å²) in [5.74, 6) is -9.90. The second kappa shape index (κ2) is 6.42. The highest BCUT2D eigenvalue weighted by atomic mass is 19.2. The summed E-state index contributed by atoms with van der Waals surface area (Å²) in [6, 6.07) is 3.44. The van der Waals surface area contributed by atoms with Gasteiger partial charge in [-0.3, -0.25) is 9.59 Å². The molecule has 4 nitrogen and oxygen atoms in total. The Hall–Kier alpha value is -2.97. The van der Waals surface area contributed by atoms with Gasteiger partial charge in [-0.2, -0.15) is 0 Å². The van der Waals surface area contributed by atoms with Crippen LogP contribution >= 0.6 is 0 Å². The average Bonchev–Trinajstić information content (AvgIpc) is 2.50. The van der Waals surface area contributed by atoms with Gasteiger partial charge >= 0.3 is 11.8 Å². The smallest absolute Gasteiger partial charge is 0.314 e. The molecule has 0 aliphatic rings. The molecule has 0 fully saturated rings. The molecule has 0 spiro atoms. The van der Waals surface area contributed by atoms with E-state index in [4.69, 9.17) is 0 Å². The fraction of sp³-hybridized carbons (Fsp3) is 0. The highest BCUT2D eigenvalue weighted by molar-refractivity contribution is 6.43. The van der Waals surface area contributed by atoms with E-state index in [2.05, 4.69) is 0 Å². The molecule has 2 amide bonds. The minimum atomic E-state index is -1.83. The number of hydrogen-bond donors (Lipinski definition) is 2. The van der Waals surface area contributed by atoms with Gasteiger partial charge in [-0.15, -0.1) is 0 Å². The molecule has 2 aromatic carbocycles. The summed E-state index contributed by atoms with van der Waals surface area (Å²) in [6.07, 6.45) is 0. The zero-order valence-electron chi connectivity index (χ0n) is 11.1. The van der Waals surface area contributed by atoms with Crippen molar-refractivity contribution in [2.75, 3.05) is 10.6 Å². The summed E-state index contributed by atoms with van der Waals surface area (Å²) in [5, 5.41) is 3.52. The third-order valence-corrected chi connectivity index (χ3v) is 2.67. The zero-order chi connectivity index (χ0) is 17.1. The number of rotatable bonds is 2. The molecule has 0 saturated carbocycles. The third kappa shape index (κ3) is 3.62. The van der Waals surface area contributed by atoms with Gasteiger partial charge in [0.1, 0.15) is 11.6 Å². The van der Waals surface area contributed by atoms with Crippen molar-refractivity contribution in [3.63, 3.8) is 0 Å². The molecule has 0 aliphatic heterocycles. The van der Waals surface area contributed by atoms with Crippen LogP contribution in [-0.4, -0.2) is 11.8 Å². The number of nitrogens with one attached hydrogen (secondary N) is 2. The van der Waals surface area contributed by atoms with Crippen LogP contribution in [0.4, 0.5) is 33.3 Å². The normalized spacial score (nSPS) is 10.3. The van der Waals surface area contributed by atoms with Gasteiger partial charge in [0.05, 0.1) is 11.4 Å². The summed E-state index contributed by atoms with van der Waals surface area (Å²) in [4.78, 5) is 23.1. The second-order valence-electron chi connectivity index (χ2n) is 4.26. The molecule has 0 unspecified atom stereocenters. The first-order valence-electron chi connectivity index (χ1n) is 6.00. The van der Waals surface area contributed by atoms with Crippen LogP contribution in [0.1, 0.15) is 0 Å². The van der Waals surface area contributed by atoms with Gasteiger partial charge < -0.3 is 10.6 Å². The lowest BCUT2D eigenvalue weighted by atomic mass is 10.2. The highest BCUT2D eigenvalue weighted by Gasteiger charge is 2.20. The summed E-state index contributed by atoms with van der Waals surface area (Å²) >= 11 is 0. The molecule has 0 aliphatic carbocycles. The lowest BCUT2D eigenvalue weighted by Gasteiger charge is -2.08. The Kier molecular flexibility index (Phi) is 4.58. The topological polar surface area (TPSA) is 58.2 Å². The molecule has 9 heteroatoms. The van der Waals surface area contributed by atoms with E-state index in [0.717, 1.165) is 12.1 Å². The van der Waals surface area contributed by atoms with Crippen LogP contribution in [0.2, 0.25) is 0 Å². The van der Waals surface area contributed by atoms with Gasteiger partial charge in [0.25, 0.3) is 0 Å². The molecular weight excluding hydrogens is 323 g/mol. The summed E-state index contributed by atoms with van der Waals surface area (Å²) < 4.78 is 65.1. The Morgan fingerprint density at radius 3 is 1.87 bits per heavy atom. The Labute approximate surface area is 125 Å². The molecule has 120 valence electrons. The first kappa shape index (κ1) is 16.4. The van der Waals surface area contributed by atoms with Crippen molar-refractivity contribution in [2.24, 2.45) is 0 Å². The minimum absolute atomic E-state index is 0.475. The fourth-order valence-electron chi connectivity index (χ4n) is 1.57. The van der Waals surface area contributed by atoms with E-state index in [9.17, 15) is 31.5 Å². The number of carbonyl (C=O) groups is 2. The monoisotopic (exact) mass is 330 g/mol. The van der Waals surface area contributed by atoms with Crippen molar-refractivity contribution in [2.45, 2.75) is 0 Å². The van der Waals surface area contributed by atoms with Crippen LogP contribution in [0.5, 0.6) is 0 Å². The zero-order valence-corrected chi connectivity index (χ0v) is 11.1. The summed E-state index contributed by atoms with van der Waals surface area (Å²) in [7, 11) is 0. The first-order valence-corrected chi connectivity index (χ1v) is 6.00. The van der Waals surface area contributed by atoms with Crippen LogP contribution in [0, 0.1) is 29.1 Å². The summed E-state index contributed by atoms with van der Waals surface area (Å²) in [5.41, 5.74) is -1.26. The predicted octanol–water partition coefficient (Wildman–Crippen LogP) is 2.96. The van der Waals surface area contributed by atoms with Gasteiger partial charge in [-0.05, 0) is 24.3 Å². The maximum atomic E-state index is 13.4. The lowest BCUT2D eigenvalue weighted by Crippen LogP contribution is -2.30. The highest BCUT2D eigenvalue weighted by Crippen LogP contribution is 2.20. The van der Waals surface area contributed by atoms with Gasteiger partial charge in [0, 0.05) is 6.07 Å². The van der Waals surface area contributed by atoms with E-state index in [1.54, 1.807) is 5.32 Å². The second-order valence-corrected chi connectivity index (χ2v) is 4.26. The molecule has 0 radical (unpaired) electrons. The first-order chi connectivity index (χ1) is 10.8. The number of halogens is 5. The van der Waals surface area contributed by atoms with Crippen LogP contribution in [0.25, 0.3) is 0 Å². The molecule has 0 heterocycles. The van der Waals surface area contributed by atoms with Crippen LogP contribution in [0.3, 0.4) is 0 Å².